The normalized spacial score (nSPS) is 10.7. The fourth-order valence-electron chi connectivity index (χ4n) is 2.15. The first-order chi connectivity index (χ1) is 9.69. The molecule has 0 aliphatic rings. The molecule has 1 N–H and O–H groups in total. The van der Waals surface area contributed by atoms with Gasteiger partial charge in [0.15, 0.2) is 0 Å². The zero-order valence-electron chi connectivity index (χ0n) is 12.1. The van der Waals surface area contributed by atoms with Crippen LogP contribution in [0, 0.1) is 6.92 Å². The minimum Gasteiger partial charge on any atom is -0.464 e. The summed E-state index contributed by atoms with van der Waals surface area (Å²) >= 11 is 0. The van der Waals surface area contributed by atoms with Gasteiger partial charge < -0.3 is 9.32 Å². The topological polar surface area (TPSA) is 62.1 Å². The standard InChI is InChI=1S/C15H21N3O2/c1-3-18(11-14-8-7-12(2)20-14)15(19)6-4-5-13-9-16-17-10-13/h7-10H,3-6,11H2,1-2H3,(H,16,17). The molecule has 5 nitrogen and oxygen atoms in total. The van der Waals surface area contributed by atoms with Crippen molar-refractivity contribution >= 4 is 5.91 Å². The van der Waals surface area contributed by atoms with Crippen LogP contribution < -0.4 is 0 Å². The lowest BCUT2D eigenvalue weighted by atomic mass is 10.1. The summed E-state index contributed by atoms with van der Waals surface area (Å²) in [7, 11) is 0. The van der Waals surface area contributed by atoms with E-state index in [1.165, 1.54) is 0 Å². The molecule has 1 amide bonds. The van der Waals surface area contributed by atoms with Gasteiger partial charge in [-0.25, -0.2) is 0 Å². The molecule has 0 fully saturated rings. The van der Waals surface area contributed by atoms with Crippen LogP contribution in [0.1, 0.15) is 36.8 Å². The highest BCUT2D eigenvalue weighted by atomic mass is 16.3. The van der Waals surface area contributed by atoms with Crippen molar-refractivity contribution in [2.75, 3.05) is 6.54 Å². The molecule has 0 saturated heterocycles. The van der Waals surface area contributed by atoms with Gasteiger partial charge in [-0.3, -0.25) is 9.89 Å². The molecule has 0 radical (unpaired) electrons. The van der Waals surface area contributed by atoms with E-state index in [-0.39, 0.29) is 5.91 Å². The van der Waals surface area contributed by atoms with Gasteiger partial charge in [-0.05, 0) is 44.4 Å². The van der Waals surface area contributed by atoms with E-state index in [9.17, 15) is 4.79 Å². The van der Waals surface area contributed by atoms with Crippen molar-refractivity contribution < 1.29 is 9.21 Å². The predicted octanol–water partition coefficient (Wildman–Crippen LogP) is 2.68. The van der Waals surface area contributed by atoms with Gasteiger partial charge in [0.05, 0.1) is 12.7 Å². The highest BCUT2D eigenvalue weighted by Gasteiger charge is 2.13. The molecule has 0 spiro atoms. The van der Waals surface area contributed by atoms with Gasteiger partial charge in [-0.15, -0.1) is 0 Å². The maximum absolute atomic E-state index is 12.2. The van der Waals surface area contributed by atoms with Crippen LogP contribution in [-0.2, 0) is 17.8 Å². The molecule has 2 aromatic heterocycles. The molecule has 0 unspecified atom stereocenters. The van der Waals surface area contributed by atoms with Crippen LogP contribution in [0.4, 0.5) is 0 Å². The van der Waals surface area contributed by atoms with E-state index in [0.717, 1.165) is 29.9 Å². The SMILES string of the molecule is CCN(Cc1ccc(C)o1)C(=O)CCCc1cn[nH]c1. The number of aromatic amines is 1. The van der Waals surface area contributed by atoms with E-state index >= 15 is 0 Å². The van der Waals surface area contributed by atoms with E-state index in [0.29, 0.717) is 19.5 Å². The summed E-state index contributed by atoms with van der Waals surface area (Å²) in [4.78, 5) is 14.0. The van der Waals surface area contributed by atoms with Crippen molar-refractivity contribution in [2.24, 2.45) is 0 Å². The summed E-state index contributed by atoms with van der Waals surface area (Å²) in [6.07, 6.45) is 5.94. The summed E-state index contributed by atoms with van der Waals surface area (Å²) < 4.78 is 5.52. The van der Waals surface area contributed by atoms with Gasteiger partial charge in [-0.1, -0.05) is 0 Å². The van der Waals surface area contributed by atoms with E-state index in [1.54, 1.807) is 6.20 Å². The van der Waals surface area contributed by atoms with Crippen LogP contribution in [0.2, 0.25) is 0 Å². The molecule has 0 bridgehead atoms. The molecule has 2 heterocycles. The molecule has 0 aliphatic heterocycles. The van der Waals surface area contributed by atoms with E-state index in [2.05, 4.69) is 10.2 Å². The van der Waals surface area contributed by atoms with Crippen LogP contribution in [-0.4, -0.2) is 27.5 Å². The number of aromatic nitrogens is 2. The molecule has 2 rings (SSSR count). The molecular formula is C15H21N3O2. The quantitative estimate of drug-likeness (QED) is 0.845. The Morgan fingerprint density at radius 3 is 2.90 bits per heavy atom. The Kier molecular flexibility index (Phi) is 4.98. The second-order valence-corrected chi connectivity index (χ2v) is 4.88. The molecule has 0 aromatic carbocycles. The number of H-pyrrole nitrogens is 1. The highest BCUT2D eigenvalue weighted by molar-refractivity contribution is 5.76. The second kappa shape index (κ2) is 6.93. The number of hydrogen-bond donors (Lipinski definition) is 1. The number of aryl methyl sites for hydroxylation is 2. The van der Waals surface area contributed by atoms with Gasteiger partial charge in [0.2, 0.25) is 5.91 Å². The third kappa shape index (κ3) is 3.98. The van der Waals surface area contributed by atoms with Crippen molar-refractivity contribution in [3.63, 3.8) is 0 Å². The van der Waals surface area contributed by atoms with Gasteiger partial charge >= 0.3 is 0 Å². The van der Waals surface area contributed by atoms with Crippen molar-refractivity contribution in [1.82, 2.24) is 15.1 Å². The zero-order valence-corrected chi connectivity index (χ0v) is 12.1. The van der Waals surface area contributed by atoms with Crippen LogP contribution in [0.5, 0.6) is 0 Å². The van der Waals surface area contributed by atoms with Gasteiger partial charge in [-0.2, -0.15) is 5.10 Å². The third-order valence-electron chi connectivity index (χ3n) is 3.29. The fourth-order valence-corrected chi connectivity index (χ4v) is 2.15. The molecular weight excluding hydrogens is 254 g/mol. The Balaban J connectivity index is 1.79. The summed E-state index contributed by atoms with van der Waals surface area (Å²) in [5.74, 6) is 1.89. The maximum Gasteiger partial charge on any atom is 0.222 e. The molecule has 0 saturated carbocycles. The number of hydrogen-bond acceptors (Lipinski definition) is 3. The summed E-state index contributed by atoms with van der Waals surface area (Å²) in [6.45, 7) is 5.15. The molecule has 0 atom stereocenters. The van der Waals surface area contributed by atoms with Crippen LogP contribution in [0.25, 0.3) is 0 Å². The van der Waals surface area contributed by atoms with Crippen LogP contribution in [0.3, 0.4) is 0 Å². The summed E-state index contributed by atoms with van der Waals surface area (Å²) in [6, 6.07) is 3.85. The Hall–Kier alpha value is -2.04. The molecule has 20 heavy (non-hydrogen) atoms. The predicted molar refractivity (Wildman–Crippen MR) is 76.1 cm³/mol. The van der Waals surface area contributed by atoms with Gasteiger partial charge in [0.25, 0.3) is 0 Å². The lowest BCUT2D eigenvalue weighted by Crippen LogP contribution is -2.29. The van der Waals surface area contributed by atoms with Crippen molar-refractivity contribution in [2.45, 2.75) is 39.7 Å². The number of nitrogens with one attached hydrogen (secondary N) is 1. The number of rotatable bonds is 7. The number of carbonyl (C=O) groups is 1. The summed E-state index contributed by atoms with van der Waals surface area (Å²) in [5.41, 5.74) is 1.14. The average Bonchev–Trinajstić information content (AvgIpc) is 3.07. The minimum absolute atomic E-state index is 0.171. The molecule has 5 heteroatoms. The largest absolute Gasteiger partial charge is 0.464 e. The lowest BCUT2D eigenvalue weighted by molar-refractivity contribution is -0.131. The first-order valence-electron chi connectivity index (χ1n) is 6.99. The van der Waals surface area contributed by atoms with Gasteiger partial charge in [0.1, 0.15) is 11.5 Å². The Morgan fingerprint density at radius 1 is 1.45 bits per heavy atom. The van der Waals surface area contributed by atoms with E-state index in [1.807, 2.05) is 37.1 Å². The first-order valence-corrected chi connectivity index (χ1v) is 6.99. The Morgan fingerprint density at radius 2 is 2.30 bits per heavy atom. The van der Waals surface area contributed by atoms with Gasteiger partial charge in [0, 0.05) is 19.2 Å². The smallest absolute Gasteiger partial charge is 0.222 e. The molecule has 108 valence electrons. The van der Waals surface area contributed by atoms with Crippen molar-refractivity contribution in [1.29, 1.82) is 0 Å². The van der Waals surface area contributed by atoms with Crippen molar-refractivity contribution in [3.05, 3.63) is 41.6 Å². The average molecular weight is 275 g/mol. The van der Waals surface area contributed by atoms with Crippen LogP contribution in [0.15, 0.2) is 28.9 Å². The second-order valence-electron chi connectivity index (χ2n) is 4.88. The Labute approximate surface area is 119 Å². The lowest BCUT2D eigenvalue weighted by Gasteiger charge is -2.19. The molecule has 2 aromatic rings. The highest BCUT2D eigenvalue weighted by Crippen LogP contribution is 2.11. The monoisotopic (exact) mass is 275 g/mol. The third-order valence-corrected chi connectivity index (χ3v) is 3.29. The number of carbonyl (C=O) groups excluding carboxylic acids is 1. The zero-order chi connectivity index (χ0) is 14.4. The van der Waals surface area contributed by atoms with E-state index < -0.39 is 0 Å². The van der Waals surface area contributed by atoms with E-state index in [4.69, 9.17) is 4.42 Å². The first kappa shape index (κ1) is 14.4. The Bertz CT molecular complexity index is 531. The van der Waals surface area contributed by atoms with Crippen LogP contribution >= 0.6 is 0 Å². The number of amides is 1. The minimum atomic E-state index is 0.171. The maximum atomic E-state index is 12.2. The summed E-state index contributed by atoms with van der Waals surface area (Å²) in [5, 5.41) is 6.68. The molecule has 0 aliphatic carbocycles. The van der Waals surface area contributed by atoms with Crippen molar-refractivity contribution in [3.8, 4) is 0 Å². The fraction of sp³-hybridized carbons (Fsp3) is 0.467. The number of furan rings is 1. The number of nitrogens with zero attached hydrogens (tertiary/aromatic N) is 2.